The van der Waals surface area contributed by atoms with Gasteiger partial charge in [-0.15, -0.1) is 0 Å². The maximum Gasteiger partial charge on any atom is 0.298 e. The number of fused-ring (bicyclic) bond motifs is 1. The van der Waals surface area contributed by atoms with Gasteiger partial charge in [-0.25, -0.2) is 4.98 Å². The van der Waals surface area contributed by atoms with E-state index in [4.69, 9.17) is 4.42 Å². The van der Waals surface area contributed by atoms with E-state index in [0.29, 0.717) is 5.58 Å². The van der Waals surface area contributed by atoms with Crippen molar-refractivity contribution in [1.82, 2.24) is 15.0 Å². The van der Waals surface area contributed by atoms with E-state index in [0.717, 1.165) is 5.82 Å². The van der Waals surface area contributed by atoms with Gasteiger partial charge in [0.05, 0.1) is 11.0 Å². The maximum atomic E-state index is 10.9. The lowest BCUT2D eigenvalue weighted by Gasteiger charge is -2.08. The zero-order valence-corrected chi connectivity index (χ0v) is 10.5. The van der Waals surface area contributed by atoms with E-state index in [9.17, 15) is 10.1 Å². The molecule has 8 nitrogen and oxygen atoms in total. The summed E-state index contributed by atoms with van der Waals surface area (Å²) in [5.41, 5.74) is 0.518. The highest BCUT2D eigenvalue weighted by Gasteiger charge is 2.18. The molecule has 0 bridgehead atoms. The molecule has 2 aromatic heterocycles. The van der Waals surface area contributed by atoms with E-state index in [-0.39, 0.29) is 23.3 Å². The van der Waals surface area contributed by atoms with Crippen molar-refractivity contribution in [3.63, 3.8) is 0 Å². The number of hydrogen-bond acceptors (Lipinski definition) is 6. The second-order valence-corrected chi connectivity index (χ2v) is 4.24. The number of non-ortho nitro benzene ring substituents is 1. The van der Waals surface area contributed by atoms with Gasteiger partial charge in [0.15, 0.2) is 11.1 Å². The number of nitro groups is 1. The third-order valence-electron chi connectivity index (χ3n) is 2.86. The van der Waals surface area contributed by atoms with Crippen LogP contribution in [0, 0.1) is 10.1 Å². The summed E-state index contributed by atoms with van der Waals surface area (Å²) in [7, 11) is 0. The summed E-state index contributed by atoms with van der Waals surface area (Å²) in [6.07, 6.45) is 3.36. The molecule has 0 radical (unpaired) electrons. The van der Waals surface area contributed by atoms with Crippen molar-refractivity contribution in [2.75, 3.05) is 5.32 Å². The molecule has 20 heavy (non-hydrogen) atoms. The van der Waals surface area contributed by atoms with Crippen LogP contribution in [-0.4, -0.2) is 19.9 Å². The van der Waals surface area contributed by atoms with Gasteiger partial charge in [-0.1, -0.05) is 6.07 Å². The molecule has 0 aliphatic carbocycles. The molecule has 8 heteroatoms. The van der Waals surface area contributed by atoms with Crippen molar-refractivity contribution in [3.05, 3.63) is 46.5 Å². The minimum atomic E-state index is -0.482. The van der Waals surface area contributed by atoms with Crippen LogP contribution in [0.15, 0.2) is 35.0 Å². The SMILES string of the molecule is CC(Nc1nc2c([N+](=O)[O-])cccc2o1)c1ncc[nH]1. The number of imidazole rings is 1. The first-order valence-electron chi connectivity index (χ1n) is 5.95. The van der Waals surface area contributed by atoms with Crippen molar-refractivity contribution in [1.29, 1.82) is 0 Å². The Labute approximate surface area is 113 Å². The van der Waals surface area contributed by atoms with Gasteiger partial charge in [-0.2, -0.15) is 4.98 Å². The summed E-state index contributed by atoms with van der Waals surface area (Å²) in [4.78, 5) is 21.6. The maximum absolute atomic E-state index is 10.9. The lowest BCUT2D eigenvalue weighted by atomic mass is 10.3. The van der Waals surface area contributed by atoms with Gasteiger partial charge in [-0.05, 0) is 13.0 Å². The fourth-order valence-electron chi connectivity index (χ4n) is 1.91. The second kappa shape index (κ2) is 4.65. The van der Waals surface area contributed by atoms with Crippen LogP contribution in [0.25, 0.3) is 11.1 Å². The van der Waals surface area contributed by atoms with Crippen LogP contribution in [0.5, 0.6) is 0 Å². The van der Waals surface area contributed by atoms with Crippen molar-refractivity contribution in [2.45, 2.75) is 13.0 Å². The quantitative estimate of drug-likeness (QED) is 0.558. The Hall–Kier alpha value is -2.90. The average molecular weight is 273 g/mol. The highest BCUT2D eigenvalue weighted by molar-refractivity contribution is 5.84. The molecule has 2 heterocycles. The number of hydrogen-bond donors (Lipinski definition) is 2. The number of nitrogens with zero attached hydrogens (tertiary/aromatic N) is 3. The number of aromatic nitrogens is 3. The molecule has 0 aliphatic heterocycles. The smallest absolute Gasteiger partial charge is 0.298 e. The van der Waals surface area contributed by atoms with Crippen molar-refractivity contribution in [2.24, 2.45) is 0 Å². The molecule has 1 aromatic carbocycles. The van der Waals surface area contributed by atoms with Crippen LogP contribution >= 0.6 is 0 Å². The molecule has 3 rings (SSSR count). The standard InChI is InChI=1S/C12H11N5O3/c1-7(11-13-5-6-14-11)15-12-16-10-8(17(18)19)3-2-4-9(10)20-12/h2-7H,1H3,(H,13,14)(H,15,16). The van der Waals surface area contributed by atoms with Gasteiger partial charge < -0.3 is 14.7 Å². The first kappa shape index (κ1) is 12.2. The molecule has 0 aliphatic rings. The van der Waals surface area contributed by atoms with Crippen LogP contribution in [0.1, 0.15) is 18.8 Å². The van der Waals surface area contributed by atoms with E-state index in [1.807, 2.05) is 6.92 Å². The van der Waals surface area contributed by atoms with Gasteiger partial charge in [-0.3, -0.25) is 10.1 Å². The summed E-state index contributed by atoms with van der Waals surface area (Å²) in [6.45, 7) is 1.88. The summed E-state index contributed by atoms with van der Waals surface area (Å²) in [5, 5.41) is 13.9. The van der Waals surface area contributed by atoms with Gasteiger partial charge >= 0.3 is 0 Å². The molecule has 0 spiro atoms. The van der Waals surface area contributed by atoms with Crippen LogP contribution in [0.3, 0.4) is 0 Å². The molecule has 0 saturated heterocycles. The summed E-state index contributed by atoms with van der Waals surface area (Å²) in [5.74, 6) is 0.724. The first-order chi connectivity index (χ1) is 9.65. The molecule has 3 aromatic rings. The first-order valence-corrected chi connectivity index (χ1v) is 5.95. The average Bonchev–Trinajstić information content (AvgIpc) is 3.06. The number of oxazole rings is 1. The Bertz CT molecular complexity index is 750. The molecule has 102 valence electrons. The third-order valence-corrected chi connectivity index (χ3v) is 2.86. The molecule has 0 saturated carbocycles. The van der Waals surface area contributed by atoms with Gasteiger partial charge in [0.1, 0.15) is 5.82 Å². The zero-order valence-electron chi connectivity index (χ0n) is 10.5. The van der Waals surface area contributed by atoms with E-state index in [1.54, 1.807) is 24.5 Å². The van der Waals surface area contributed by atoms with Gasteiger partial charge in [0, 0.05) is 18.5 Å². The Morgan fingerprint density at radius 1 is 1.50 bits per heavy atom. The Balaban J connectivity index is 1.93. The Morgan fingerprint density at radius 3 is 3.05 bits per heavy atom. The molecular formula is C12H11N5O3. The second-order valence-electron chi connectivity index (χ2n) is 4.24. The minimum Gasteiger partial charge on any atom is -0.423 e. The normalized spacial score (nSPS) is 12.4. The lowest BCUT2D eigenvalue weighted by Crippen LogP contribution is -2.08. The number of nitro benzene ring substituents is 1. The summed E-state index contributed by atoms with van der Waals surface area (Å²) in [6, 6.07) is 4.66. The summed E-state index contributed by atoms with van der Waals surface area (Å²) >= 11 is 0. The monoisotopic (exact) mass is 273 g/mol. The molecule has 2 N–H and O–H groups in total. The van der Waals surface area contributed by atoms with E-state index in [1.165, 1.54) is 6.07 Å². The Morgan fingerprint density at radius 2 is 2.35 bits per heavy atom. The van der Waals surface area contributed by atoms with Crippen molar-refractivity contribution >= 4 is 22.8 Å². The van der Waals surface area contributed by atoms with E-state index < -0.39 is 4.92 Å². The van der Waals surface area contributed by atoms with Crippen LogP contribution < -0.4 is 5.32 Å². The van der Waals surface area contributed by atoms with Gasteiger partial charge in [0.2, 0.25) is 0 Å². The van der Waals surface area contributed by atoms with Gasteiger partial charge in [0.25, 0.3) is 11.7 Å². The number of anilines is 1. The predicted molar refractivity (Wildman–Crippen MR) is 71.3 cm³/mol. The number of benzene rings is 1. The fourth-order valence-corrected chi connectivity index (χ4v) is 1.91. The number of aromatic amines is 1. The number of nitrogens with one attached hydrogen (secondary N) is 2. The minimum absolute atomic E-state index is 0.0787. The topological polar surface area (TPSA) is 110 Å². The highest BCUT2D eigenvalue weighted by atomic mass is 16.6. The zero-order chi connectivity index (χ0) is 14.1. The van der Waals surface area contributed by atoms with E-state index >= 15 is 0 Å². The van der Waals surface area contributed by atoms with Crippen molar-refractivity contribution in [3.8, 4) is 0 Å². The fraction of sp³-hybridized carbons (Fsp3) is 0.167. The number of H-pyrrole nitrogens is 1. The molecule has 1 unspecified atom stereocenters. The third kappa shape index (κ3) is 2.07. The van der Waals surface area contributed by atoms with Crippen LogP contribution in [0.2, 0.25) is 0 Å². The van der Waals surface area contributed by atoms with Crippen LogP contribution in [-0.2, 0) is 0 Å². The molecule has 0 fully saturated rings. The van der Waals surface area contributed by atoms with Crippen molar-refractivity contribution < 1.29 is 9.34 Å². The predicted octanol–water partition coefficient (Wildman–Crippen LogP) is 2.63. The molecule has 1 atom stereocenters. The van der Waals surface area contributed by atoms with Crippen LogP contribution in [0.4, 0.5) is 11.7 Å². The molecular weight excluding hydrogens is 262 g/mol. The van der Waals surface area contributed by atoms with E-state index in [2.05, 4.69) is 20.3 Å². The Kier molecular flexibility index (Phi) is 2.82. The molecule has 0 amide bonds. The lowest BCUT2D eigenvalue weighted by molar-refractivity contribution is -0.383. The number of rotatable bonds is 4. The highest BCUT2D eigenvalue weighted by Crippen LogP contribution is 2.28. The largest absolute Gasteiger partial charge is 0.423 e. The number of para-hydroxylation sites is 1. The summed E-state index contributed by atoms with van der Waals surface area (Å²) < 4.78 is 5.46.